The topological polar surface area (TPSA) is 83.3 Å². The molecule has 0 aliphatic carbocycles. The Morgan fingerprint density at radius 3 is 2.78 bits per heavy atom. The second-order valence-electron chi connectivity index (χ2n) is 6.54. The first kappa shape index (κ1) is 19.0. The van der Waals surface area contributed by atoms with Crippen LogP contribution in [0, 0.1) is 5.82 Å². The molecule has 0 saturated carbocycles. The Balaban J connectivity index is 1.48. The normalized spacial score (nSPS) is 26.1. The average molecular weight is 413 g/mol. The predicted molar refractivity (Wildman–Crippen MR) is 107 cm³/mol. The summed E-state index contributed by atoms with van der Waals surface area (Å²) in [4.78, 5) is 11.7. The molecule has 4 N–H and O–H groups in total. The number of halogens is 2. The number of benzene rings is 1. The van der Waals surface area contributed by atoms with Crippen LogP contribution in [-0.4, -0.2) is 67.2 Å². The van der Waals surface area contributed by atoms with Crippen LogP contribution >= 0.6 is 23.4 Å². The van der Waals surface area contributed by atoms with Gasteiger partial charge < -0.3 is 26.0 Å². The summed E-state index contributed by atoms with van der Waals surface area (Å²) < 4.78 is 18.8. The molecule has 0 aromatic heterocycles. The fraction of sp³-hybridized carbons (Fsp3) is 0.471. The number of aliphatic imine (C=N–C) groups is 1. The van der Waals surface area contributed by atoms with Crippen LogP contribution in [0.1, 0.15) is 0 Å². The number of anilines is 1. The van der Waals surface area contributed by atoms with Gasteiger partial charge in [-0.25, -0.2) is 9.38 Å². The van der Waals surface area contributed by atoms with Crippen LogP contribution in [0.15, 0.2) is 33.9 Å². The summed E-state index contributed by atoms with van der Waals surface area (Å²) in [5.74, 6) is 0.354. The van der Waals surface area contributed by atoms with Gasteiger partial charge >= 0.3 is 0 Å². The molecule has 0 bridgehead atoms. The second-order valence-corrected chi connectivity index (χ2v) is 8.10. The second kappa shape index (κ2) is 7.94. The molecular formula is C17H22ClFN6OS. The highest BCUT2D eigenvalue weighted by atomic mass is 35.5. The maximum absolute atomic E-state index is 13.5. The van der Waals surface area contributed by atoms with Crippen molar-refractivity contribution in [3.8, 4) is 0 Å². The molecule has 1 fully saturated rings. The molecule has 146 valence electrons. The third-order valence-electron chi connectivity index (χ3n) is 4.88. The molecule has 3 aliphatic heterocycles. The lowest BCUT2D eigenvalue weighted by atomic mass is 10.2. The van der Waals surface area contributed by atoms with E-state index >= 15 is 0 Å². The van der Waals surface area contributed by atoms with Crippen molar-refractivity contribution in [1.29, 1.82) is 0 Å². The molecule has 4 rings (SSSR count). The van der Waals surface area contributed by atoms with Gasteiger partial charge in [-0.2, -0.15) is 0 Å². The van der Waals surface area contributed by atoms with Crippen molar-refractivity contribution < 1.29 is 9.13 Å². The molecule has 7 nitrogen and oxygen atoms in total. The van der Waals surface area contributed by atoms with E-state index in [1.54, 1.807) is 23.4 Å². The molecule has 1 aromatic carbocycles. The van der Waals surface area contributed by atoms with Gasteiger partial charge in [0.15, 0.2) is 0 Å². The van der Waals surface area contributed by atoms with E-state index in [2.05, 4.69) is 14.8 Å². The van der Waals surface area contributed by atoms with Crippen LogP contribution in [-0.2, 0) is 4.74 Å². The lowest BCUT2D eigenvalue weighted by molar-refractivity contribution is 0.0345. The molecule has 1 saturated heterocycles. The van der Waals surface area contributed by atoms with Gasteiger partial charge in [-0.1, -0.05) is 23.4 Å². The number of nitrogens with two attached hydrogens (primary N) is 2. The molecular weight excluding hydrogens is 391 g/mol. The van der Waals surface area contributed by atoms with Crippen LogP contribution in [0.4, 0.5) is 10.1 Å². The number of hydrogen-bond donors (Lipinski definition) is 2. The van der Waals surface area contributed by atoms with E-state index in [1.165, 1.54) is 17.8 Å². The van der Waals surface area contributed by atoms with Crippen LogP contribution in [0.5, 0.6) is 0 Å². The van der Waals surface area contributed by atoms with Crippen molar-refractivity contribution in [3.63, 3.8) is 0 Å². The van der Waals surface area contributed by atoms with Crippen molar-refractivity contribution in [1.82, 2.24) is 9.80 Å². The van der Waals surface area contributed by atoms with Gasteiger partial charge in [0.1, 0.15) is 23.3 Å². The third kappa shape index (κ3) is 3.80. The first-order valence-corrected chi connectivity index (χ1v) is 10.1. The molecule has 0 radical (unpaired) electrons. The largest absolute Gasteiger partial charge is 0.379 e. The highest BCUT2D eigenvalue weighted by Crippen LogP contribution is 2.41. The van der Waals surface area contributed by atoms with Gasteiger partial charge in [-0.3, -0.25) is 4.90 Å². The van der Waals surface area contributed by atoms with E-state index in [0.29, 0.717) is 5.69 Å². The van der Waals surface area contributed by atoms with Gasteiger partial charge in [0, 0.05) is 31.9 Å². The van der Waals surface area contributed by atoms with Crippen LogP contribution in [0.25, 0.3) is 0 Å². The van der Waals surface area contributed by atoms with E-state index in [1.807, 2.05) is 0 Å². The Labute approximate surface area is 166 Å². The molecule has 2 atom stereocenters. The summed E-state index contributed by atoms with van der Waals surface area (Å²) in [5, 5.41) is 0.0517. The SMILES string of the molecule is NC1SC2=C(N=CN(c3ccc(F)c(Cl)c3)C2N)N1CCN1CCOCC1. The summed E-state index contributed by atoms with van der Waals surface area (Å²) >= 11 is 7.42. The third-order valence-corrected chi connectivity index (χ3v) is 6.35. The van der Waals surface area contributed by atoms with Crippen LogP contribution in [0.3, 0.4) is 0 Å². The minimum absolute atomic E-state index is 0.0517. The molecule has 1 aromatic rings. The van der Waals surface area contributed by atoms with Gasteiger partial charge in [0.2, 0.25) is 0 Å². The fourth-order valence-electron chi connectivity index (χ4n) is 3.34. The molecule has 27 heavy (non-hydrogen) atoms. The van der Waals surface area contributed by atoms with Crippen LogP contribution in [0.2, 0.25) is 5.02 Å². The van der Waals surface area contributed by atoms with Crippen molar-refractivity contribution in [3.05, 3.63) is 39.8 Å². The number of nitrogens with zero attached hydrogens (tertiary/aromatic N) is 4. The first-order valence-electron chi connectivity index (χ1n) is 8.81. The quantitative estimate of drug-likeness (QED) is 0.773. The number of rotatable bonds is 4. The van der Waals surface area contributed by atoms with E-state index in [4.69, 9.17) is 27.8 Å². The number of ether oxygens (including phenoxy) is 1. The Morgan fingerprint density at radius 1 is 1.26 bits per heavy atom. The van der Waals surface area contributed by atoms with Crippen molar-refractivity contribution in [2.24, 2.45) is 16.5 Å². The molecule has 2 unspecified atom stereocenters. The minimum Gasteiger partial charge on any atom is -0.379 e. The maximum Gasteiger partial charge on any atom is 0.145 e. The van der Waals surface area contributed by atoms with Crippen molar-refractivity contribution in [2.45, 2.75) is 11.7 Å². The van der Waals surface area contributed by atoms with Crippen molar-refractivity contribution in [2.75, 3.05) is 44.3 Å². The zero-order chi connectivity index (χ0) is 19.0. The smallest absolute Gasteiger partial charge is 0.145 e. The maximum atomic E-state index is 13.5. The lowest BCUT2D eigenvalue weighted by Gasteiger charge is -2.32. The predicted octanol–water partition coefficient (Wildman–Crippen LogP) is 1.40. The molecule has 0 spiro atoms. The van der Waals surface area contributed by atoms with E-state index in [9.17, 15) is 4.39 Å². The fourth-order valence-corrected chi connectivity index (χ4v) is 4.64. The zero-order valence-electron chi connectivity index (χ0n) is 14.7. The Hall–Kier alpha value is -1.36. The summed E-state index contributed by atoms with van der Waals surface area (Å²) in [6.07, 6.45) is 1.22. The summed E-state index contributed by atoms with van der Waals surface area (Å²) in [7, 11) is 0. The van der Waals surface area contributed by atoms with Crippen LogP contribution < -0.4 is 16.4 Å². The van der Waals surface area contributed by atoms with Gasteiger partial charge in [-0.15, -0.1) is 0 Å². The number of morpholine rings is 1. The standard InChI is InChI=1S/C17H22ClFN6OS/c18-12-9-11(1-2-13(12)19)25-10-22-16-14(15(25)20)27-17(21)24(16)4-3-23-5-7-26-8-6-23/h1-2,9-10,15,17H,3-8,20-21H2. The van der Waals surface area contributed by atoms with Gasteiger partial charge in [-0.05, 0) is 18.2 Å². The van der Waals surface area contributed by atoms with Gasteiger partial charge in [0.25, 0.3) is 0 Å². The first-order chi connectivity index (χ1) is 13.0. The highest BCUT2D eigenvalue weighted by Gasteiger charge is 2.37. The van der Waals surface area contributed by atoms with E-state index in [0.717, 1.165) is 50.1 Å². The molecule has 3 aliphatic rings. The van der Waals surface area contributed by atoms with E-state index < -0.39 is 12.0 Å². The average Bonchev–Trinajstić information content (AvgIpc) is 3.00. The number of hydrogen-bond acceptors (Lipinski definition) is 8. The molecule has 3 heterocycles. The Morgan fingerprint density at radius 2 is 2.04 bits per heavy atom. The van der Waals surface area contributed by atoms with E-state index in [-0.39, 0.29) is 10.5 Å². The monoisotopic (exact) mass is 412 g/mol. The Kier molecular flexibility index (Phi) is 5.58. The molecule has 10 heteroatoms. The summed E-state index contributed by atoms with van der Waals surface area (Å²) in [6.45, 7) is 5.09. The number of thioether (sulfide) groups is 1. The highest BCUT2D eigenvalue weighted by molar-refractivity contribution is 8.03. The van der Waals surface area contributed by atoms with Crippen molar-refractivity contribution >= 4 is 35.4 Å². The lowest BCUT2D eigenvalue weighted by Crippen LogP contribution is -2.46. The summed E-state index contributed by atoms with van der Waals surface area (Å²) in [6, 6.07) is 4.50. The Bertz CT molecular complexity index is 772. The minimum atomic E-state index is -0.464. The summed E-state index contributed by atoms with van der Waals surface area (Å²) in [5.41, 5.74) is 13.2. The zero-order valence-corrected chi connectivity index (χ0v) is 16.3. The molecule has 0 amide bonds. The van der Waals surface area contributed by atoms with Gasteiger partial charge in [0.05, 0.1) is 29.5 Å².